The Morgan fingerprint density at radius 1 is 1.29 bits per heavy atom. The van der Waals surface area contributed by atoms with Gasteiger partial charge in [-0.3, -0.25) is 0 Å². The number of rotatable bonds is 4. The molecule has 0 spiro atoms. The lowest BCUT2D eigenvalue weighted by Gasteiger charge is -2.09. The third-order valence-electron chi connectivity index (χ3n) is 2.84. The molecule has 2 aromatic rings. The van der Waals surface area contributed by atoms with Crippen LogP contribution in [-0.2, 0) is 11.3 Å². The van der Waals surface area contributed by atoms with Crippen LogP contribution < -0.4 is 10.5 Å². The van der Waals surface area contributed by atoms with Crippen LogP contribution in [0.15, 0.2) is 40.9 Å². The first-order chi connectivity index (χ1) is 10.0. The summed E-state index contributed by atoms with van der Waals surface area (Å²) in [5.74, 6) is -0.381. The number of esters is 1. The normalized spacial score (nSPS) is 10.2. The van der Waals surface area contributed by atoms with Gasteiger partial charge in [0.15, 0.2) is 0 Å². The van der Waals surface area contributed by atoms with Gasteiger partial charge in [0.25, 0.3) is 0 Å². The van der Waals surface area contributed by atoms with Crippen LogP contribution in [0.1, 0.15) is 15.9 Å². The van der Waals surface area contributed by atoms with Crippen molar-refractivity contribution >= 4 is 27.6 Å². The topological polar surface area (TPSA) is 61.5 Å². The van der Waals surface area contributed by atoms with Gasteiger partial charge in [0.05, 0.1) is 18.4 Å². The van der Waals surface area contributed by atoms with Crippen LogP contribution in [0.3, 0.4) is 0 Å². The number of hydrogen-bond acceptors (Lipinski definition) is 4. The fourth-order valence-electron chi connectivity index (χ4n) is 1.73. The summed E-state index contributed by atoms with van der Waals surface area (Å²) >= 11 is 3.22. The summed E-state index contributed by atoms with van der Waals surface area (Å²) in [5.41, 5.74) is 7.09. The van der Waals surface area contributed by atoms with Gasteiger partial charge < -0.3 is 15.2 Å². The molecule has 0 heterocycles. The van der Waals surface area contributed by atoms with E-state index in [9.17, 15) is 9.18 Å². The van der Waals surface area contributed by atoms with E-state index >= 15 is 0 Å². The van der Waals surface area contributed by atoms with Crippen molar-refractivity contribution < 1.29 is 18.7 Å². The molecule has 0 aliphatic carbocycles. The van der Waals surface area contributed by atoms with E-state index in [1.165, 1.54) is 25.3 Å². The summed E-state index contributed by atoms with van der Waals surface area (Å²) in [5, 5.41) is 0. The van der Waals surface area contributed by atoms with Crippen molar-refractivity contribution in [3.05, 3.63) is 57.8 Å². The predicted octanol–water partition coefficient (Wildman–Crippen LogP) is 3.54. The molecule has 6 heteroatoms. The molecule has 0 atom stereocenters. The number of halogens is 2. The smallest absolute Gasteiger partial charge is 0.338 e. The van der Waals surface area contributed by atoms with Crippen LogP contribution in [0.4, 0.5) is 10.1 Å². The molecule has 2 rings (SSSR count). The third-order valence-corrected chi connectivity index (χ3v) is 3.58. The van der Waals surface area contributed by atoms with E-state index in [-0.39, 0.29) is 12.4 Å². The number of nitrogen functional groups attached to an aromatic ring is 1. The van der Waals surface area contributed by atoms with E-state index in [0.29, 0.717) is 27.0 Å². The summed E-state index contributed by atoms with van der Waals surface area (Å²) in [6.45, 7) is 0.0334. The number of carbonyl (C=O) groups is 1. The Morgan fingerprint density at radius 2 is 2.05 bits per heavy atom. The Kier molecular flexibility index (Phi) is 4.80. The minimum atomic E-state index is -0.513. The Morgan fingerprint density at radius 3 is 2.67 bits per heavy atom. The van der Waals surface area contributed by atoms with Crippen molar-refractivity contribution in [2.45, 2.75) is 6.61 Å². The molecule has 21 heavy (non-hydrogen) atoms. The highest BCUT2D eigenvalue weighted by atomic mass is 79.9. The molecule has 0 aliphatic rings. The van der Waals surface area contributed by atoms with Crippen molar-refractivity contribution in [1.82, 2.24) is 0 Å². The first-order valence-electron chi connectivity index (χ1n) is 6.06. The molecule has 0 radical (unpaired) electrons. The van der Waals surface area contributed by atoms with Crippen LogP contribution in [0.2, 0.25) is 0 Å². The molecule has 0 unspecified atom stereocenters. The Balaban J connectivity index is 2.06. The van der Waals surface area contributed by atoms with Gasteiger partial charge in [-0.1, -0.05) is 22.0 Å². The van der Waals surface area contributed by atoms with Crippen LogP contribution in [-0.4, -0.2) is 13.1 Å². The van der Waals surface area contributed by atoms with E-state index in [4.69, 9.17) is 15.2 Å². The van der Waals surface area contributed by atoms with Crippen molar-refractivity contribution in [3.63, 3.8) is 0 Å². The third kappa shape index (κ3) is 3.72. The van der Waals surface area contributed by atoms with Gasteiger partial charge in [0.2, 0.25) is 0 Å². The second-order valence-corrected chi connectivity index (χ2v) is 5.12. The number of methoxy groups -OCH3 is 1. The molecule has 2 aromatic carbocycles. The van der Waals surface area contributed by atoms with Crippen molar-refractivity contribution in [2.24, 2.45) is 0 Å². The highest BCUT2D eigenvalue weighted by molar-refractivity contribution is 9.10. The quantitative estimate of drug-likeness (QED) is 0.674. The van der Waals surface area contributed by atoms with Gasteiger partial charge in [0, 0.05) is 10.0 Å². The Bertz CT molecular complexity index is 676. The van der Waals surface area contributed by atoms with Crippen LogP contribution in [0.5, 0.6) is 5.75 Å². The zero-order chi connectivity index (χ0) is 15.4. The van der Waals surface area contributed by atoms with E-state index in [1.807, 2.05) is 0 Å². The number of carbonyl (C=O) groups excluding carboxylic acids is 1. The second kappa shape index (κ2) is 6.58. The van der Waals surface area contributed by atoms with Gasteiger partial charge in [-0.2, -0.15) is 0 Å². The van der Waals surface area contributed by atoms with Crippen LogP contribution >= 0.6 is 15.9 Å². The Labute approximate surface area is 129 Å². The number of anilines is 1. The van der Waals surface area contributed by atoms with Gasteiger partial charge in [0.1, 0.15) is 18.2 Å². The number of nitrogens with two attached hydrogens (primary N) is 1. The minimum absolute atomic E-state index is 0.0334. The van der Waals surface area contributed by atoms with E-state index < -0.39 is 5.97 Å². The fourth-order valence-corrected chi connectivity index (χ4v) is 2.19. The first kappa shape index (κ1) is 15.3. The molecule has 4 nitrogen and oxygen atoms in total. The van der Waals surface area contributed by atoms with E-state index in [0.717, 1.165) is 0 Å². The maximum atomic E-state index is 13.0. The molecule has 0 aromatic heterocycles. The molecule has 0 aliphatic heterocycles. The molecular weight excluding hydrogens is 341 g/mol. The predicted molar refractivity (Wildman–Crippen MR) is 80.6 cm³/mol. The summed E-state index contributed by atoms with van der Waals surface area (Å²) in [6.07, 6.45) is 0. The van der Waals surface area contributed by atoms with Gasteiger partial charge >= 0.3 is 5.97 Å². The zero-order valence-electron chi connectivity index (χ0n) is 11.2. The van der Waals surface area contributed by atoms with E-state index in [2.05, 4.69) is 15.9 Å². The molecular formula is C15H13BrFNO3. The largest absolute Gasteiger partial charge is 0.495 e. The number of hydrogen-bond donors (Lipinski definition) is 1. The van der Waals surface area contributed by atoms with Crippen LogP contribution in [0, 0.1) is 5.82 Å². The maximum Gasteiger partial charge on any atom is 0.338 e. The van der Waals surface area contributed by atoms with E-state index in [1.54, 1.807) is 18.2 Å². The van der Waals surface area contributed by atoms with Gasteiger partial charge in [-0.25, -0.2) is 9.18 Å². The summed E-state index contributed by atoms with van der Waals surface area (Å²) in [7, 11) is 1.50. The monoisotopic (exact) mass is 353 g/mol. The molecule has 0 saturated heterocycles. The molecule has 0 amide bonds. The zero-order valence-corrected chi connectivity index (χ0v) is 12.8. The van der Waals surface area contributed by atoms with Crippen molar-refractivity contribution in [1.29, 1.82) is 0 Å². The summed E-state index contributed by atoms with van der Waals surface area (Å²) in [4.78, 5) is 11.9. The lowest BCUT2D eigenvalue weighted by Crippen LogP contribution is -2.06. The number of benzene rings is 2. The van der Waals surface area contributed by atoms with Crippen molar-refractivity contribution in [2.75, 3.05) is 12.8 Å². The van der Waals surface area contributed by atoms with Gasteiger partial charge in [-0.15, -0.1) is 0 Å². The molecule has 0 saturated carbocycles. The SMILES string of the molecule is COc1ccc(C(=O)OCc2ccc(F)cc2Br)cc1N. The molecule has 0 fully saturated rings. The number of ether oxygens (including phenoxy) is 2. The molecule has 2 N–H and O–H groups in total. The minimum Gasteiger partial charge on any atom is -0.495 e. The van der Waals surface area contributed by atoms with Crippen LogP contribution in [0.25, 0.3) is 0 Å². The standard InChI is InChI=1S/C15H13BrFNO3/c1-20-14-5-3-9(6-13(14)18)15(19)21-8-10-2-4-11(17)7-12(10)16/h2-7H,8,18H2,1H3. The highest BCUT2D eigenvalue weighted by Gasteiger charge is 2.11. The second-order valence-electron chi connectivity index (χ2n) is 4.27. The molecule has 110 valence electrons. The average Bonchev–Trinajstić information content (AvgIpc) is 2.46. The van der Waals surface area contributed by atoms with Gasteiger partial charge in [-0.05, 0) is 30.3 Å². The summed E-state index contributed by atoms with van der Waals surface area (Å²) in [6, 6.07) is 8.82. The summed E-state index contributed by atoms with van der Waals surface area (Å²) < 4.78 is 23.7. The lowest BCUT2D eigenvalue weighted by molar-refractivity contribution is 0.0472. The Hall–Kier alpha value is -2.08. The fraction of sp³-hybridized carbons (Fsp3) is 0.133. The van der Waals surface area contributed by atoms with Crippen molar-refractivity contribution in [3.8, 4) is 5.75 Å². The first-order valence-corrected chi connectivity index (χ1v) is 6.85. The highest BCUT2D eigenvalue weighted by Crippen LogP contribution is 2.23. The lowest BCUT2D eigenvalue weighted by atomic mass is 10.2. The molecule has 0 bridgehead atoms. The maximum absolute atomic E-state index is 13.0. The average molecular weight is 354 g/mol.